The molecular formula is C16H22ClNO3. The topological polar surface area (TPSA) is 55.4 Å². The van der Waals surface area contributed by atoms with Gasteiger partial charge in [0, 0.05) is 24.3 Å². The number of halogens is 1. The molecule has 1 amide bonds. The quantitative estimate of drug-likeness (QED) is 0.553. The maximum absolute atomic E-state index is 12.0. The van der Waals surface area contributed by atoms with E-state index in [4.69, 9.17) is 16.3 Å². The van der Waals surface area contributed by atoms with Crippen LogP contribution in [0.5, 0.6) is 5.75 Å². The predicted octanol–water partition coefficient (Wildman–Crippen LogP) is 4.03. The van der Waals surface area contributed by atoms with Gasteiger partial charge in [-0.15, -0.1) is 11.6 Å². The molecule has 0 saturated carbocycles. The van der Waals surface area contributed by atoms with E-state index in [1.165, 1.54) is 0 Å². The zero-order valence-corrected chi connectivity index (χ0v) is 13.3. The van der Waals surface area contributed by atoms with Gasteiger partial charge >= 0.3 is 0 Å². The average Bonchev–Trinajstić information content (AvgIpc) is 2.47. The van der Waals surface area contributed by atoms with Gasteiger partial charge in [-0.1, -0.05) is 6.92 Å². The molecule has 0 unspecified atom stereocenters. The highest BCUT2D eigenvalue weighted by molar-refractivity contribution is 6.18. The lowest BCUT2D eigenvalue weighted by atomic mass is 10.1. The summed E-state index contributed by atoms with van der Waals surface area (Å²) in [5.41, 5.74) is 1.18. The van der Waals surface area contributed by atoms with E-state index in [1.807, 2.05) is 13.8 Å². The predicted molar refractivity (Wildman–Crippen MR) is 85.4 cm³/mol. The van der Waals surface area contributed by atoms with Crippen LogP contribution in [0.4, 0.5) is 5.69 Å². The summed E-state index contributed by atoms with van der Waals surface area (Å²) in [7, 11) is 0. The van der Waals surface area contributed by atoms with Crippen molar-refractivity contribution in [2.75, 3.05) is 17.8 Å². The lowest BCUT2D eigenvalue weighted by molar-refractivity contribution is -0.116. The zero-order chi connectivity index (χ0) is 15.7. The average molecular weight is 312 g/mol. The van der Waals surface area contributed by atoms with E-state index in [0.29, 0.717) is 48.7 Å². The third kappa shape index (κ3) is 5.76. The number of ketones is 1. The number of carbonyl (C=O) groups excluding carboxylic acids is 2. The number of hydrogen-bond acceptors (Lipinski definition) is 3. The van der Waals surface area contributed by atoms with Gasteiger partial charge in [0.15, 0.2) is 5.78 Å². The lowest BCUT2D eigenvalue weighted by Crippen LogP contribution is -2.12. The molecule has 0 aromatic heterocycles. The molecule has 1 aromatic rings. The van der Waals surface area contributed by atoms with Crippen LogP contribution in [0.15, 0.2) is 18.2 Å². The van der Waals surface area contributed by atoms with Crippen LogP contribution in [0.1, 0.15) is 49.9 Å². The Morgan fingerprint density at radius 3 is 2.62 bits per heavy atom. The van der Waals surface area contributed by atoms with Crippen molar-refractivity contribution in [3.8, 4) is 5.75 Å². The molecule has 116 valence electrons. The molecule has 5 heteroatoms. The SMILES string of the molecule is CCCC(=O)Nc1ccc(C(=O)CCCCl)cc1OCC. The Morgan fingerprint density at radius 1 is 1.24 bits per heavy atom. The fourth-order valence-electron chi connectivity index (χ4n) is 1.89. The first-order chi connectivity index (χ1) is 10.1. The second-order valence-electron chi connectivity index (χ2n) is 4.66. The van der Waals surface area contributed by atoms with Gasteiger partial charge in [-0.25, -0.2) is 0 Å². The van der Waals surface area contributed by atoms with Crippen LogP contribution in [-0.4, -0.2) is 24.2 Å². The summed E-state index contributed by atoms with van der Waals surface area (Å²) in [6.45, 7) is 4.28. The van der Waals surface area contributed by atoms with Gasteiger partial charge in [-0.05, 0) is 38.0 Å². The zero-order valence-electron chi connectivity index (χ0n) is 12.6. The standard InChI is InChI=1S/C16H22ClNO3/c1-3-6-16(20)18-13-9-8-12(11-15(13)21-4-2)14(19)7-5-10-17/h8-9,11H,3-7,10H2,1-2H3,(H,18,20). The minimum absolute atomic E-state index is 0.0306. The second-order valence-corrected chi connectivity index (χ2v) is 5.04. The molecule has 0 radical (unpaired) electrons. The second kappa shape index (κ2) is 9.40. The number of Topliss-reactive ketones (excluding diaryl/α,β-unsaturated/α-hetero) is 1. The van der Waals surface area contributed by atoms with Crippen molar-refractivity contribution in [1.82, 2.24) is 0 Å². The van der Waals surface area contributed by atoms with Crippen molar-refractivity contribution in [3.05, 3.63) is 23.8 Å². The molecule has 21 heavy (non-hydrogen) atoms. The van der Waals surface area contributed by atoms with E-state index < -0.39 is 0 Å². The van der Waals surface area contributed by atoms with Crippen molar-refractivity contribution in [1.29, 1.82) is 0 Å². The molecule has 0 atom stereocenters. The monoisotopic (exact) mass is 311 g/mol. The van der Waals surface area contributed by atoms with E-state index >= 15 is 0 Å². The van der Waals surface area contributed by atoms with Gasteiger partial charge in [0.2, 0.25) is 5.91 Å². The minimum atomic E-state index is -0.0559. The molecule has 0 bridgehead atoms. The van der Waals surface area contributed by atoms with Crippen LogP contribution in [0.3, 0.4) is 0 Å². The van der Waals surface area contributed by atoms with Crippen LogP contribution in [-0.2, 0) is 4.79 Å². The van der Waals surface area contributed by atoms with Gasteiger partial charge in [0.05, 0.1) is 12.3 Å². The first kappa shape index (κ1) is 17.5. The molecule has 1 rings (SSSR count). The minimum Gasteiger partial charge on any atom is -0.492 e. The van der Waals surface area contributed by atoms with E-state index in [2.05, 4.69) is 5.32 Å². The maximum atomic E-state index is 12.0. The molecule has 0 aliphatic carbocycles. The number of carbonyl (C=O) groups is 2. The molecule has 0 heterocycles. The highest BCUT2D eigenvalue weighted by Crippen LogP contribution is 2.27. The van der Waals surface area contributed by atoms with Crippen molar-refractivity contribution in [2.45, 2.75) is 39.5 Å². The number of hydrogen-bond donors (Lipinski definition) is 1. The van der Waals surface area contributed by atoms with Crippen molar-refractivity contribution >= 4 is 29.0 Å². The Morgan fingerprint density at radius 2 is 2.00 bits per heavy atom. The molecular weight excluding hydrogens is 290 g/mol. The van der Waals surface area contributed by atoms with Crippen molar-refractivity contribution < 1.29 is 14.3 Å². The summed E-state index contributed by atoms with van der Waals surface area (Å²) in [5, 5.41) is 2.81. The van der Waals surface area contributed by atoms with Crippen molar-refractivity contribution in [3.63, 3.8) is 0 Å². The summed E-state index contributed by atoms with van der Waals surface area (Å²) >= 11 is 5.60. The maximum Gasteiger partial charge on any atom is 0.224 e. The van der Waals surface area contributed by atoms with E-state index in [0.717, 1.165) is 6.42 Å². The largest absolute Gasteiger partial charge is 0.492 e. The number of amides is 1. The fraction of sp³-hybridized carbons (Fsp3) is 0.500. The van der Waals surface area contributed by atoms with Crippen LogP contribution in [0, 0.1) is 0 Å². The van der Waals surface area contributed by atoms with Gasteiger partial charge in [0.1, 0.15) is 5.75 Å². The highest BCUT2D eigenvalue weighted by atomic mass is 35.5. The van der Waals surface area contributed by atoms with Crippen LogP contribution in [0.2, 0.25) is 0 Å². The van der Waals surface area contributed by atoms with Crippen LogP contribution >= 0.6 is 11.6 Å². The summed E-state index contributed by atoms with van der Waals surface area (Å²) < 4.78 is 5.52. The van der Waals surface area contributed by atoms with E-state index in [9.17, 15) is 9.59 Å². The molecule has 0 aliphatic heterocycles. The third-order valence-corrected chi connectivity index (χ3v) is 3.16. The Hall–Kier alpha value is -1.55. The van der Waals surface area contributed by atoms with Gasteiger partial charge in [-0.3, -0.25) is 9.59 Å². The Labute approximate surface area is 130 Å². The molecule has 0 aliphatic rings. The number of anilines is 1. The number of nitrogens with one attached hydrogen (secondary N) is 1. The smallest absolute Gasteiger partial charge is 0.224 e. The third-order valence-electron chi connectivity index (χ3n) is 2.89. The molecule has 0 spiro atoms. The summed E-state index contributed by atoms with van der Waals surface area (Å²) in [4.78, 5) is 23.7. The Balaban J connectivity index is 2.90. The normalized spacial score (nSPS) is 10.2. The summed E-state index contributed by atoms with van der Waals surface area (Å²) in [6.07, 6.45) is 2.31. The van der Waals surface area contributed by atoms with Crippen molar-refractivity contribution in [2.24, 2.45) is 0 Å². The van der Waals surface area contributed by atoms with Gasteiger partial charge < -0.3 is 10.1 Å². The molecule has 0 fully saturated rings. The van der Waals surface area contributed by atoms with E-state index in [1.54, 1.807) is 18.2 Å². The van der Waals surface area contributed by atoms with E-state index in [-0.39, 0.29) is 11.7 Å². The highest BCUT2D eigenvalue weighted by Gasteiger charge is 2.12. The number of alkyl halides is 1. The molecule has 1 N–H and O–H groups in total. The summed E-state index contributed by atoms with van der Waals surface area (Å²) in [5.74, 6) is 0.969. The fourth-order valence-corrected chi connectivity index (χ4v) is 2.02. The molecule has 1 aromatic carbocycles. The Kier molecular flexibility index (Phi) is 7.83. The first-order valence-corrected chi connectivity index (χ1v) is 7.81. The van der Waals surface area contributed by atoms with Crippen LogP contribution in [0.25, 0.3) is 0 Å². The first-order valence-electron chi connectivity index (χ1n) is 7.28. The Bertz CT molecular complexity index is 488. The lowest BCUT2D eigenvalue weighted by Gasteiger charge is -2.13. The number of benzene rings is 1. The van der Waals surface area contributed by atoms with Crippen LogP contribution < -0.4 is 10.1 Å². The summed E-state index contributed by atoms with van der Waals surface area (Å²) in [6, 6.07) is 5.11. The number of ether oxygens (including phenoxy) is 1. The van der Waals surface area contributed by atoms with Gasteiger partial charge in [0.25, 0.3) is 0 Å². The number of rotatable bonds is 9. The molecule has 4 nitrogen and oxygen atoms in total. The molecule has 0 saturated heterocycles. The van der Waals surface area contributed by atoms with Gasteiger partial charge in [-0.2, -0.15) is 0 Å².